The number of nitrogens with one attached hydrogen (secondary N) is 1. The number of nitriles is 1. The average Bonchev–Trinajstić information content (AvgIpc) is 2.38. The Morgan fingerprint density at radius 3 is 3.10 bits per heavy atom. The van der Waals surface area contributed by atoms with E-state index in [0.29, 0.717) is 6.61 Å². The molecule has 1 rings (SSSR count). The molecule has 1 aliphatic heterocycles. The summed E-state index contributed by atoms with van der Waals surface area (Å²) in [6.45, 7) is 0.628. The summed E-state index contributed by atoms with van der Waals surface area (Å²) in [4.78, 5) is 10.8. The highest BCUT2D eigenvalue weighted by molar-refractivity contribution is 5.82. The van der Waals surface area contributed by atoms with Crippen LogP contribution in [0, 0.1) is 11.5 Å². The van der Waals surface area contributed by atoms with E-state index in [1.54, 1.807) is 6.19 Å². The number of amides is 1. The van der Waals surface area contributed by atoms with Gasteiger partial charge in [-0.3, -0.25) is 10.1 Å². The molecule has 1 fully saturated rings. The minimum atomic E-state index is -0.389. The fourth-order valence-electron chi connectivity index (χ4n) is 0.920. The van der Waals surface area contributed by atoms with Crippen molar-refractivity contribution in [3.05, 3.63) is 0 Å². The molecule has 0 bridgehead atoms. The summed E-state index contributed by atoms with van der Waals surface area (Å²) in [5, 5.41) is 10.1. The molecule has 0 saturated carbocycles. The van der Waals surface area contributed by atoms with Crippen molar-refractivity contribution >= 4 is 5.91 Å². The van der Waals surface area contributed by atoms with Crippen molar-refractivity contribution in [1.29, 1.82) is 5.26 Å². The van der Waals surface area contributed by atoms with Gasteiger partial charge in [0.1, 0.15) is 6.10 Å². The van der Waals surface area contributed by atoms with E-state index in [0.717, 1.165) is 12.8 Å². The number of ether oxygens (including phenoxy) is 1. The largest absolute Gasteiger partial charge is 0.368 e. The molecule has 4 nitrogen and oxygen atoms in total. The summed E-state index contributed by atoms with van der Waals surface area (Å²) in [5.74, 6) is -0.319. The lowest BCUT2D eigenvalue weighted by atomic mass is 10.2. The molecule has 0 aliphatic carbocycles. The van der Waals surface area contributed by atoms with E-state index in [1.165, 1.54) is 0 Å². The monoisotopic (exact) mass is 140 g/mol. The second-order valence-electron chi connectivity index (χ2n) is 2.10. The molecule has 0 aromatic carbocycles. The van der Waals surface area contributed by atoms with E-state index < -0.39 is 0 Å². The molecule has 1 aliphatic rings. The highest BCUT2D eigenvalue weighted by Crippen LogP contribution is 2.11. The minimum absolute atomic E-state index is 0.319. The molecular weight excluding hydrogens is 132 g/mol. The van der Waals surface area contributed by atoms with Gasteiger partial charge in [-0.2, -0.15) is 5.26 Å². The molecule has 1 heterocycles. The fourth-order valence-corrected chi connectivity index (χ4v) is 0.920. The fraction of sp³-hybridized carbons (Fsp3) is 0.667. The standard InChI is InChI=1S/C6H8N2O2/c7-4-8-6(9)5-2-1-3-10-5/h5H,1-3H2,(H,8,9)/t5-/m0/s1. The first-order valence-electron chi connectivity index (χ1n) is 3.15. The van der Waals surface area contributed by atoms with Crippen molar-refractivity contribution in [3.8, 4) is 6.19 Å². The number of nitrogens with zero attached hydrogens (tertiary/aromatic N) is 1. The molecule has 1 amide bonds. The number of hydrogen-bond donors (Lipinski definition) is 1. The van der Waals surface area contributed by atoms with Crippen molar-refractivity contribution in [2.75, 3.05) is 6.61 Å². The van der Waals surface area contributed by atoms with Crippen LogP contribution in [0.1, 0.15) is 12.8 Å². The molecule has 0 aromatic heterocycles. The molecular formula is C6H8N2O2. The van der Waals surface area contributed by atoms with Gasteiger partial charge in [-0.25, -0.2) is 0 Å². The summed E-state index contributed by atoms with van der Waals surface area (Å²) in [6.07, 6.45) is 2.81. The van der Waals surface area contributed by atoms with Crippen LogP contribution < -0.4 is 5.32 Å². The predicted molar refractivity (Wildman–Crippen MR) is 32.7 cm³/mol. The summed E-state index contributed by atoms with van der Waals surface area (Å²) >= 11 is 0. The number of hydrogen-bond acceptors (Lipinski definition) is 3. The topological polar surface area (TPSA) is 62.1 Å². The molecule has 10 heavy (non-hydrogen) atoms. The third kappa shape index (κ3) is 1.45. The summed E-state index contributed by atoms with van der Waals surface area (Å²) in [7, 11) is 0. The van der Waals surface area contributed by atoms with Gasteiger partial charge in [-0.15, -0.1) is 0 Å². The maximum Gasteiger partial charge on any atom is 0.262 e. The van der Waals surface area contributed by atoms with Gasteiger partial charge < -0.3 is 4.74 Å². The molecule has 1 atom stereocenters. The van der Waals surface area contributed by atoms with Gasteiger partial charge in [0, 0.05) is 6.61 Å². The van der Waals surface area contributed by atoms with Crippen LogP contribution >= 0.6 is 0 Å². The van der Waals surface area contributed by atoms with Crippen LogP contribution in [-0.4, -0.2) is 18.6 Å². The number of carbonyl (C=O) groups excluding carboxylic acids is 1. The van der Waals surface area contributed by atoms with Crippen LogP contribution in [-0.2, 0) is 9.53 Å². The third-order valence-electron chi connectivity index (χ3n) is 1.40. The predicted octanol–water partition coefficient (Wildman–Crippen LogP) is -0.237. The van der Waals surface area contributed by atoms with Crippen LogP contribution in [0.2, 0.25) is 0 Å². The Labute approximate surface area is 58.8 Å². The summed E-state index contributed by atoms with van der Waals surface area (Å²) in [5.41, 5.74) is 0. The van der Waals surface area contributed by atoms with E-state index in [2.05, 4.69) is 0 Å². The van der Waals surface area contributed by atoms with Gasteiger partial charge in [0.2, 0.25) is 0 Å². The van der Waals surface area contributed by atoms with Crippen LogP contribution in [0.15, 0.2) is 0 Å². The van der Waals surface area contributed by atoms with Crippen molar-refractivity contribution in [3.63, 3.8) is 0 Å². The smallest absolute Gasteiger partial charge is 0.262 e. The van der Waals surface area contributed by atoms with Gasteiger partial charge in [0.15, 0.2) is 6.19 Å². The Bertz CT molecular complexity index is 167. The van der Waals surface area contributed by atoms with Crippen LogP contribution in [0.5, 0.6) is 0 Å². The number of carbonyl (C=O) groups is 1. The highest BCUT2D eigenvalue weighted by atomic mass is 16.5. The summed E-state index contributed by atoms with van der Waals surface area (Å²) < 4.78 is 5.00. The van der Waals surface area contributed by atoms with E-state index in [4.69, 9.17) is 10.00 Å². The van der Waals surface area contributed by atoms with Crippen molar-refractivity contribution in [2.45, 2.75) is 18.9 Å². The van der Waals surface area contributed by atoms with Gasteiger partial charge >= 0.3 is 0 Å². The highest BCUT2D eigenvalue weighted by Gasteiger charge is 2.22. The summed E-state index contributed by atoms with van der Waals surface area (Å²) in [6, 6.07) is 0. The van der Waals surface area contributed by atoms with Crippen LogP contribution in [0.25, 0.3) is 0 Å². The lowest BCUT2D eigenvalue weighted by Gasteiger charge is -2.03. The van der Waals surface area contributed by atoms with Crippen molar-refractivity contribution in [2.24, 2.45) is 0 Å². The minimum Gasteiger partial charge on any atom is -0.368 e. The molecule has 0 aromatic rings. The SMILES string of the molecule is N#CNC(=O)[C@@H]1CCCO1. The molecule has 54 valence electrons. The first-order chi connectivity index (χ1) is 4.84. The molecule has 1 saturated heterocycles. The first kappa shape index (κ1) is 7.03. The zero-order valence-corrected chi connectivity index (χ0v) is 5.46. The molecule has 4 heteroatoms. The van der Waals surface area contributed by atoms with Gasteiger partial charge in [0.25, 0.3) is 5.91 Å². The molecule has 0 radical (unpaired) electrons. The maximum atomic E-state index is 10.8. The van der Waals surface area contributed by atoms with E-state index in [9.17, 15) is 4.79 Å². The zero-order valence-electron chi connectivity index (χ0n) is 5.46. The number of rotatable bonds is 1. The third-order valence-corrected chi connectivity index (χ3v) is 1.40. The van der Waals surface area contributed by atoms with Crippen molar-refractivity contribution in [1.82, 2.24) is 5.32 Å². The second-order valence-corrected chi connectivity index (χ2v) is 2.10. The zero-order chi connectivity index (χ0) is 7.40. The van der Waals surface area contributed by atoms with Crippen LogP contribution in [0.3, 0.4) is 0 Å². The van der Waals surface area contributed by atoms with Gasteiger partial charge in [0.05, 0.1) is 0 Å². The second kappa shape index (κ2) is 3.18. The van der Waals surface area contributed by atoms with Crippen molar-refractivity contribution < 1.29 is 9.53 Å². The Morgan fingerprint density at radius 2 is 2.60 bits per heavy atom. The van der Waals surface area contributed by atoms with Gasteiger partial charge in [-0.1, -0.05) is 0 Å². The first-order valence-corrected chi connectivity index (χ1v) is 3.15. The van der Waals surface area contributed by atoms with E-state index in [1.807, 2.05) is 5.32 Å². The van der Waals surface area contributed by atoms with Gasteiger partial charge in [-0.05, 0) is 12.8 Å². The Balaban J connectivity index is 2.34. The van der Waals surface area contributed by atoms with E-state index in [-0.39, 0.29) is 12.0 Å². The lowest BCUT2D eigenvalue weighted by molar-refractivity contribution is -0.128. The maximum absolute atomic E-state index is 10.8. The molecule has 0 unspecified atom stereocenters. The van der Waals surface area contributed by atoms with Crippen LogP contribution in [0.4, 0.5) is 0 Å². The normalized spacial score (nSPS) is 23.7. The Hall–Kier alpha value is -1.08. The van der Waals surface area contributed by atoms with E-state index >= 15 is 0 Å². The molecule has 1 N–H and O–H groups in total. The average molecular weight is 140 g/mol. The quantitative estimate of drug-likeness (QED) is 0.404. The lowest BCUT2D eigenvalue weighted by Crippen LogP contribution is -2.30. The molecule has 0 spiro atoms. The Morgan fingerprint density at radius 1 is 1.80 bits per heavy atom. The Kier molecular flexibility index (Phi) is 2.24.